The largest absolute Gasteiger partial charge is 0.469 e. The molecule has 32 heavy (non-hydrogen) atoms. The molecule has 6 nitrogen and oxygen atoms in total. The summed E-state index contributed by atoms with van der Waals surface area (Å²) in [6.07, 6.45) is 14.3. The molecule has 1 unspecified atom stereocenters. The first-order valence-electron chi connectivity index (χ1n) is 12.4. The lowest BCUT2D eigenvalue weighted by Gasteiger charge is -2.28. The highest BCUT2D eigenvalue weighted by atomic mass is 16.7. The van der Waals surface area contributed by atoms with Crippen molar-refractivity contribution in [2.24, 2.45) is 0 Å². The smallest absolute Gasteiger partial charge is 0.305 e. The first-order valence-corrected chi connectivity index (χ1v) is 12.4. The maximum Gasteiger partial charge on any atom is 0.305 e. The second-order valence-electron chi connectivity index (χ2n) is 9.02. The van der Waals surface area contributed by atoms with E-state index in [1.54, 1.807) is 0 Å². The van der Waals surface area contributed by atoms with Crippen LogP contribution >= 0.6 is 0 Å². The summed E-state index contributed by atoms with van der Waals surface area (Å²) in [5.41, 5.74) is 1.16. The minimum atomic E-state index is -0.429. The lowest BCUT2D eigenvalue weighted by Crippen LogP contribution is -2.30. The SMILES string of the molecule is CCCCC[C@@H](O)C=C[C@@H]1c2cc(CCCCC(=O)OC)oc2C[C@H]1OC1CCCCO1. The number of aliphatic hydroxyl groups excluding tert-OH is 1. The molecule has 6 heteroatoms. The van der Waals surface area contributed by atoms with Gasteiger partial charge in [-0.15, -0.1) is 0 Å². The van der Waals surface area contributed by atoms with E-state index in [1.807, 2.05) is 6.08 Å². The number of carbonyl (C=O) groups excluding carboxylic acids is 1. The van der Waals surface area contributed by atoms with Crippen LogP contribution in [-0.4, -0.2) is 43.3 Å². The highest BCUT2D eigenvalue weighted by molar-refractivity contribution is 5.68. The van der Waals surface area contributed by atoms with E-state index >= 15 is 0 Å². The Kier molecular flexibility index (Phi) is 10.3. The fourth-order valence-corrected chi connectivity index (χ4v) is 4.57. The van der Waals surface area contributed by atoms with Crippen LogP contribution in [-0.2, 0) is 31.8 Å². The monoisotopic (exact) mass is 448 g/mol. The number of esters is 1. The first kappa shape index (κ1) is 25.0. The van der Waals surface area contributed by atoms with Crippen LogP contribution in [0.3, 0.4) is 0 Å². The van der Waals surface area contributed by atoms with Gasteiger partial charge in [-0.3, -0.25) is 4.79 Å². The quantitative estimate of drug-likeness (QED) is 0.253. The van der Waals surface area contributed by atoms with Crippen molar-refractivity contribution >= 4 is 5.97 Å². The van der Waals surface area contributed by atoms with E-state index in [-0.39, 0.29) is 24.3 Å². The van der Waals surface area contributed by atoms with Gasteiger partial charge >= 0.3 is 5.97 Å². The predicted molar refractivity (Wildman–Crippen MR) is 122 cm³/mol. The number of methoxy groups -OCH3 is 1. The van der Waals surface area contributed by atoms with Crippen LogP contribution in [0, 0.1) is 0 Å². The highest BCUT2D eigenvalue weighted by Crippen LogP contribution is 2.40. The molecule has 1 saturated heterocycles. The first-order chi connectivity index (χ1) is 15.6. The van der Waals surface area contributed by atoms with Gasteiger partial charge in [0.2, 0.25) is 0 Å². The normalized spacial score (nSPS) is 24.0. The average Bonchev–Trinajstić information content (AvgIpc) is 3.33. The van der Waals surface area contributed by atoms with Crippen molar-refractivity contribution < 1.29 is 28.5 Å². The van der Waals surface area contributed by atoms with E-state index < -0.39 is 6.10 Å². The molecule has 3 rings (SSSR count). The molecule has 0 saturated carbocycles. The van der Waals surface area contributed by atoms with E-state index in [2.05, 4.69) is 19.1 Å². The number of fused-ring (bicyclic) bond motifs is 1. The maximum absolute atomic E-state index is 11.3. The van der Waals surface area contributed by atoms with Crippen LogP contribution < -0.4 is 0 Å². The fraction of sp³-hybridized carbons (Fsp3) is 0.731. The van der Waals surface area contributed by atoms with Gasteiger partial charge in [0.05, 0.1) is 19.3 Å². The zero-order chi connectivity index (χ0) is 22.8. The summed E-state index contributed by atoms with van der Waals surface area (Å²) in [6, 6.07) is 2.14. The Morgan fingerprint density at radius 1 is 1.28 bits per heavy atom. The molecule has 0 aromatic carbocycles. The Bertz CT molecular complexity index is 718. The third-order valence-electron chi connectivity index (χ3n) is 6.43. The molecule has 0 amide bonds. The van der Waals surface area contributed by atoms with E-state index in [4.69, 9.17) is 18.6 Å². The predicted octanol–water partition coefficient (Wildman–Crippen LogP) is 5.21. The van der Waals surface area contributed by atoms with E-state index in [9.17, 15) is 9.90 Å². The third kappa shape index (κ3) is 7.46. The summed E-state index contributed by atoms with van der Waals surface area (Å²) in [5.74, 6) is 1.82. The summed E-state index contributed by atoms with van der Waals surface area (Å²) in [4.78, 5) is 11.3. The van der Waals surface area contributed by atoms with Crippen molar-refractivity contribution in [3.8, 4) is 0 Å². The van der Waals surface area contributed by atoms with Crippen molar-refractivity contribution in [1.29, 1.82) is 0 Å². The lowest BCUT2D eigenvalue weighted by molar-refractivity contribution is -0.188. The topological polar surface area (TPSA) is 78.1 Å². The summed E-state index contributed by atoms with van der Waals surface area (Å²) in [6.45, 7) is 2.93. The number of carbonyl (C=O) groups is 1. The summed E-state index contributed by atoms with van der Waals surface area (Å²) in [7, 11) is 1.42. The van der Waals surface area contributed by atoms with Crippen molar-refractivity contribution in [3.63, 3.8) is 0 Å². The van der Waals surface area contributed by atoms with Crippen LogP contribution in [0.5, 0.6) is 0 Å². The molecular formula is C26H40O6. The Balaban J connectivity index is 1.62. The number of furan rings is 1. The second-order valence-corrected chi connectivity index (χ2v) is 9.02. The molecule has 2 heterocycles. The van der Waals surface area contributed by atoms with Crippen LogP contribution in [0.15, 0.2) is 22.6 Å². The standard InChI is InChI=1S/C26H40O6/c1-3-4-5-10-19(27)14-15-21-22-17-20(11-6-7-12-25(28)29-2)31-24(22)18-23(21)32-26-13-8-9-16-30-26/h14-15,17,19,21,23,26-27H,3-13,16,18H2,1-2H3/t19-,21-,23-,26?/m1/s1. The molecule has 0 radical (unpaired) electrons. The van der Waals surface area contributed by atoms with Crippen LogP contribution in [0.4, 0.5) is 0 Å². The molecule has 180 valence electrons. The van der Waals surface area contributed by atoms with Gasteiger partial charge < -0.3 is 23.7 Å². The fourth-order valence-electron chi connectivity index (χ4n) is 4.57. The molecule has 1 aromatic rings. The second kappa shape index (κ2) is 13.2. The van der Waals surface area contributed by atoms with E-state index in [0.29, 0.717) is 6.42 Å². The third-order valence-corrected chi connectivity index (χ3v) is 6.43. The number of hydrogen-bond acceptors (Lipinski definition) is 6. The molecule has 1 fully saturated rings. The van der Waals surface area contributed by atoms with Gasteiger partial charge in [-0.05, 0) is 44.6 Å². The summed E-state index contributed by atoms with van der Waals surface area (Å²) in [5, 5.41) is 10.4. The number of unbranched alkanes of at least 4 members (excludes halogenated alkanes) is 3. The minimum absolute atomic E-state index is 0.0284. The van der Waals surface area contributed by atoms with Crippen LogP contribution in [0.1, 0.15) is 94.1 Å². The van der Waals surface area contributed by atoms with Gasteiger partial charge in [0.1, 0.15) is 11.5 Å². The molecule has 1 aromatic heterocycles. The van der Waals surface area contributed by atoms with Crippen molar-refractivity contribution in [1.82, 2.24) is 0 Å². The highest BCUT2D eigenvalue weighted by Gasteiger charge is 2.37. The number of aliphatic hydroxyl groups is 1. The molecule has 0 spiro atoms. The summed E-state index contributed by atoms with van der Waals surface area (Å²) < 4.78 is 23.0. The maximum atomic E-state index is 11.3. The van der Waals surface area contributed by atoms with Crippen LogP contribution in [0.2, 0.25) is 0 Å². The van der Waals surface area contributed by atoms with E-state index in [1.165, 1.54) is 7.11 Å². The van der Waals surface area contributed by atoms with Crippen molar-refractivity contribution in [2.45, 2.75) is 108 Å². The molecule has 1 aliphatic heterocycles. The van der Waals surface area contributed by atoms with Gasteiger partial charge in [0.15, 0.2) is 6.29 Å². The Morgan fingerprint density at radius 3 is 2.91 bits per heavy atom. The number of rotatable bonds is 13. The van der Waals surface area contributed by atoms with Crippen molar-refractivity contribution in [3.05, 3.63) is 35.3 Å². The summed E-state index contributed by atoms with van der Waals surface area (Å²) >= 11 is 0. The molecule has 2 aliphatic rings. The molecule has 4 atom stereocenters. The lowest BCUT2D eigenvalue weighted by atomic mass is 9.98. The van der Waals surface area contributed by atoms with Gasteiger partial charge in [0, 0.05) is 37.4 Å². The van der Waals surface area contributed by atoms with Gasteiger partial charge in [-0.25, -0.2) is 0 Å². The average molecular weight is 449 g/mol. The molecule has 1 N–H and O–H groups in total. The zero-order valence-corrected chi connectivity index (χ0v) is 19.7. The number of ether oxygens (including phenoxy) is 3. The van der Waals surface area contributed by atoms with Gasteiger partial charge in [-0.1, -0.05) is 38.3 Å². The van der Waals surface area contributed by atoms with E-state index in [0.717, 1.165) is 94.3 Å². The number of hydrogen-bond donors (Lipinski definition) is 1. The van der Waals surface area contributed by atoms with Crippen molar-refractivity contribution in [2.75, 3.05) is 13.7 Å². The number of aryl methyl sites for hydroxylation is 1. The van der Waals surface area contributed by atoms with Gasteiger partial charge in [0.25, 0.3) is 0 Å². The zero-order valence-electron chi connectivity index (χ0n) is 19.7. The van der Waals surface area contributed by atoms with Crippen LogP contribution in [0.25, 0.3) is 0 Å². The molecule has 0 bridgehead atoms. The molecular weight excluding hydrogens is 408 g/mol. The Hall–Kier alpha value is -1.63. The minimum Gasteiger partial charge on any atom is -0.469 e. The van der Waals surface area contributed by atoms with Gasteiger partial charge in [-0.2, -0.15) is 0 Å². The Morgan fingerprint density at radius 2 is 2.16 bits per heavy atom. The molecule has 1 aliphatic carbocycles. The Labute approximate surface area is 192 Å².